The molecular weight excluding hydrogens is 594 g/mol. The van der Waals surface area contributed by atoms with Gasteiger partial charge in [0.05, 0.1) is 29.2 Å². The van der Waals surface area contributed by atoms with Gasteiger partial charge in [0.2, 0.25) is 0 Å². The number of hydrogen-bond acceptors (Lipinski definition) is 6. The van der Waals surface area contributed by atoms with E-state index < -0.39 is 11.2 Å². The molecule has 3 aliphatic rings. The summed E-state index contributed by atoms with van der Waals surface area (Å²) in [6, 6.07) is 17.7. The normalized spacial score (nSPS) is 20.7. The number of aromatic amines is 2. The number of hydrogen-bond donors (Lipinski definition) is 3. The third-order valence-electron chi connectivity index (χ3n) is 10.7. The zero-order valence-electron chi connectivity index (χ0n) is 26.2. The maximum Gasteiger partial charge on any atom is 0.326 e. The van der Waals surface area contributed by atoms with Crippen molar-refractivity contribution < 1.29 is 9.53 Å². The van der Waals surface area contributed by atoms with Gasteiger partial charge in [0.15, 0.2) is 5.82 Å². The molecule has 1 amide bonds. The van der Waals surface area contributed by atoms with E-state index in [1.807, 2.05) is 42.3 Å². The Balaban J connectivity index is 1.18. The lowest BCUT2D eigenvalue weighted by Gasteiger charge is -2.27. The third kappa shape index (κ3) is 4.29. The van der Waals surface area contributed by atoms with E-state index in [0.29, 0.717) is 46.1 Å². The first-order chi connectivity index (χ1) is 22.8. The third-order valence-corrected chi connectivity index (χ3v) is 10.7. The van der Waals surface area contributed by atoms with Crippen molar-refractivity contribution >= 4 is 38.7 Å². The van der Waals surface area contributed by atoms with Gasteiger partial charge >= 0.3 is 5.69 Å². The molecule has 2 bridgehead atoms. The minimum Gasteiger partial charge on any atom is -0.494 e. The van der Waals surface area contributed by atoms with Crippen LogP contribution in [-0.2, 0) is 13.6 Å². The highest BCUT2D eigenvalue weighted by Crippen LogP contribution is 2.41. The molecule has 11 nitrogen and oxygen atoms in total. The second-order valence-electron chi connectivity index (χ2n) is 13.5. The van der Waals surface area contributed by atoms with Crippen LogP contribution in [0.25, 0.3) is 55.5 Å². The maximum atomic E-state index is 13.8. The lowest BCUT2D eigenvalue weighted by atomic mass is 10.0. The molecule has 3 atom stereocenters. The molecule has 3 aromatic heterocycles. The number of nitrogens with two attached hydrogens (primary N) is 1. The summed E-state index contributed by atoms with van der Waals surface area (Å²) < 4.78 is 10.2. The molecule has 6 aromatic rings. The van der Waals surface area contributed by atoms with Crippen LogP contribution < -0.4 is 21.7 Å². The number of amides is 1. The van der Waals surface area contributed by atoms with Gasteiger partial charge in [0, 0.05) is 48.7 Å². The number of aromatic nitrogens is 5. The number of rotatable bonds is 6. The molecule has 9 rings (SSSR count). The molecule has 3 aromatic carbocycles. The van der Waals surface area contributed by atoms with Gasteiger partial charge in [-0.2, -0.15) is 0 Å². The fourth-order valence-electron chi connectivity index (χ4n) is 8.09. The predicted molar refractivity (Wildman–Crippen MR) is 181 cm³/mol. The molecular formula is C36H35N7O4. The first-order valence-electron chi connectivity index (χ1n) is 16.3. The van der Waals surface area contributed by atoms with Crippen LogP contribution in [0.1, 0.15) is 36.0 Å². The van der Waals surface area contributed by atoms with Crippen molar-refractivity contribution in [1.29, 1.82) is 0 Å². The number of carbonyl (C=O) groups excluding carboxylic acids is 1. The van der Waals surface area contributed by atoms with Crippen molar-refractivity contribution in [2.24, 2.45) is 24.6 Å². The number of nitrogens with one attached hydrogen (secondary N) is 2. The van der Waals surface area contributed by atoms with E-state index in [9.17, 15) is 14.4 Å². The zero-order valence-corrected chi connectivity index (χ0v) is 26.2. The van der Waals surface area contributed by atoms with Gasteiger partial charge in [-0.15, -0.1) is 0 Å². The van der Waals surface area contributed by atoms with Gasteiger partial charge in [0.1, 0.15) is 11.3 Å². The number of imidazole rings is 1. The van der Waals surface area contributed by atoms with Gasteiger partial charge in [0.25, 0.3) is 11.5 Å². The Morgan fingerprint density at radius 2 is 1.89 bits per heavy atom. The summed E-state index contributed by atoms with van der Waals surface area (Å²) in [6.45, 7) is 1.54. The van der Waals surface area contributed by atoms with Crippen LogP contribution in [0.5, 0.6) is 5.75 Å². The van der Waals surface area contributed by atoms with Crippen molar-refractivity contribution in [2.75, 3.05) is 13.7 Å². The number of benzene rings is 3. The maximum absolute atomic E-state index is 13.8. The summed E-state index contributed by atoms with van der Waals surface area (Å²) in [5.41, 5.74) is 11.7. The van der Waals surface area contributed by atoms with Crippen molar-refractivity contribution in [3.8, 4) is 28.4 Å². The van der Waals surface area contributed by atoms with Crippen LogP contribution in [0.4, 0.5) is 0 Å². The first kappa shape index (κ1) is 28.1. The molecule has 0 radical (unpaired) electrons. The van der Waals surface area contributed by atoms with Gasteiger partial charge in [-0.05, 0) is 79.0 Å². The van der Waals surface area contributed by atoms with Gasteiger partial charge in [-0.25, -0.2) is 9.78 Å². The van der Waals surface area contributed by atoms with Crippen LogP contribution in [0.2, 0.25) is 0 Å². The molecule has 2 saturated carbocycles. The second-order valence-corrected chi connectivity index (χ2v) is 13.5. The van der Waals surface area contributed by atoms with Crippen LogP contribution in [0.15, 0.2) is 64.2 Å². The lowest BCUT2D eigenvalue weighted by Crippen LogP contribution is -2.41. The van der Waals surface area contributed by atoms with Gasteiger partial charge in [-0.3, -0.25) is 14.6 Å². The number of carbonyl (C=O) groups is 1. The van der Waals surface area contributed by atoms with E-state index in [1.165, 1.54) is 12.8 Å². The standard InChI is InChI=1S/C36H35N7O4/c1-41-32-25(12-22(15-29(32)47-2)35(45)43-17-21-10-11-26(43)31(21)37)38-33(41)28-14-20-9-8-19(13-27(20)42(28)16-18-6-7-18)23-4-3-5-24-30(23)34(44)40-36(46)39-24/h3-5,8-9,12-15,18,21,26,31H,6-7,10-11,16-17,37H2,1-2H3,(H2,39,40,44,46)/t21?,26?,31-/m1/s1. The summed E-state index contributed by atoms with van der Waals surface area (Å²) >= 11 is 0. The number of likely N-dealkylation sites (tertiary alicyclic amines) is 1. The molecule has 4 N–H and O–H groups in total. The smallest absolute Gasteiger partial charge is 0.326 e. The molecule has 2 aliphatic carbocycles. The molecule has 2 unspecified atom stereocenters. The Morgan fingerprint density at radius 3 is 2.64 bits per heavy atom. The Hall–Kier alpha value is -5.16. The summed E-state index contributed by atoms with van der Waals surface area (Å²) in [5.74, 6) is 2.31. The number of fused-ring (bicyclic) bond motifs is 5. The summed E-state index contributed by atoms with van der Waals surface area (Å²) in [5, 5.41) is 1.51. The van der Waals surface area contributed by atoms with E-state index in [-0.39, 0.29) is 18.0 Å². The number of methoxy groups -OCH3 is 1. The fraction of sp³-hybridized carbons (Fsp3) is 0.333. The molecule has 3 fully saturated rings. The minimum absolute atomic E-state index is 0.0215. The van der Waals surface area contributed by atoms with Crippen LogP contribution in [0, 0.1) is 11.8 Å². The summed E-state index contributed by atoms with van der Waals surface area (Å²) in [7, 11) is 3.61. The van der Waals surface area contributed by atoms with E-state index in [2.05, 4.69) is 37.3 Å². The van der Waals surface area contributed by atoms with Crippen molar-refractivity contribution in [3.05, 3.63) is 81.0 Å². The molecule has 238 valence electrons. The average Bonchev–Trinajstić information content (AvgIpc) is 3.47. The number of nitrogens with zero attached hydrogens (tertiary/aromatic N) is 4. The van der Waals surface area contributed by atoms with E-state index >= 15 is 0 Å². The molecule has 4 heterocycles. The number of H-pyrrole nitrogens is 2. The van der Waals surface area contributed by atoms with Gasteiger partial charge < -0.3 is 29.5 Å². The highest BCUT2D eigenvalue weighted by molar-refractivity contribution is 6.01. The predicted octanol–water partition coefficient (Wildman–Crippen LogP) is 4.37. The van der Waals surface area contributed by atoms with E-state index in [4.69, 9.17) is 15.5 Å². The molecule has 1 aliphatic heterocycles. The Morgan fingerprint density at radius 1 is 1.04 bits per heavy atom. The number of ether oxygens (including phenoxy) is 1. The van der Waals surface area contributed by atoms with Crippen LogP contribution >= 0.6 is 0 Å². The highest BCUT2D eigenvalue weighted by Gasteiger charge is 2.47. The monoisotopic (exact) mass is 629 g/mol. The highest BCUT2D eigenvalue weighted by atomic mass is 16.5. The van der Waals surface area contributed by atoms with E-state index in [0.717, 1.165) is 58.5 Å². The fourth-order valence-corrected chi connectivity index (χ4v) is 8.09. The molecule has 11 heteroatoms. The number of piperidine rings is 1. The largest absolute Gasteiger partial charge is 0.494 e. The average molecular weight is 630 g/mol. The van der Waals surface area contributed by atoms with E-state index in [1.54, 1.807) is 13.2 Å². The van der Waals surface area contributed by atoms with Crippen LogP contribution in [-0.4, -0.2) is 60.6 Å². The van der Waals surface area contributed by atoms with Gasteiger partial charge in [-0.1, -0.05) is 24.3 Å². The Bertz CT molecular complexity index is 2390. The zero-order chi connectivity index (χ0) is 32.1. The molecule has 0 spiro atoms. The minimum atomic E-state index is -0.527. The summed E-state index contributed by atoms with van der Waals surface area (Å²) in [4.78, 5) is 50.8. The number of aryl methyl sites for hydroxylation is 1. The molecule has 1 saturated heterocycles. The van der Waals surface area contributed by atoms with Crippen molar-refractivity contribution in [1.82, 2.24) is 29.0 Å². The molecule has 47 heavy (non-hydrogen) atoms. The second kappa shape index (κ2) is 10.2. The van der Waals surface area contributed by atoms with Crippen molar-refractivity contribution in [2.45, 2.75) is 44.3 Å². The topological polar surface area (TPSA) is 144 Å². The van der Waals surface area contributed by atoms with Crippen molar-refractivity contribution in [3.63, 3.8) is 0 Å². The Labute approximate surface area is 269 Å². The SMILES string of the molecule is COc1cc(C(=O)N2CC3CCC2[C@@H]3N)cc2nc(-c3cc4ccc(-c5cccc6[nH]c(=O)[nH]c(=O)c56)cc4n3CC3CC3)n(C)c12. The summed E-state index contributed by atoms with van der Waals surface area (Å²) in [6.07, 6.45) is 4.39. The van der Waals surface area contributed by atoms with Crippen LogP contribution in [0.3, 0.4) is 0 Å². The Kier molecular flexibility index (Phi) is 6.08. The quantitative estimate of drug-likeness (QED) is 0.250. The first-order valence-corrected chi connectivity index (χ1v) is 16.3. The lowest BCUT2D eigenvalue weighted by molar-refractivity contribution is 0.0700.